The van der Waals surface area contributed by atoms with Gasteiger partial charge >= 0.3 is 5.97 Å². The summed E-state index contributed by atoms with van der Waals surface area (Å²) in [4.78, 5) is 10.7. The van der Waals surface area contributed by atoms with Gasteiger partial charge in [-0.3, -0.25) is 4.79 Å². The minimum absolute atomic E-state index is 0.0588. The van der Waals surface area contributed by atoms with Crippen LogP contribution in [-0.4, -0.2) is 35.0 Å². The lowest BCUT2D eigenvalue weighted by Gasteiger charge is -2.43. The molecule has 0 aliphatic carbocycles. The summed E-state index contributed by atoms with van der Waals surface area (Å²) in [5, 5.41) is 8.83. The van der Waals surface area contributed by atoms with Crippen LogP contribution < -0.4 is 0 Å². The smallest absolute Gasteiger partial charge is 0.306 e. The summed E-state index contributed by atoms with van der Waals surface area (Å²) in [5.41, 5.74) is -0.774. The number of carboxylic acid groups (broad SMARTS) is 1. The molecule has 3 unspecified atom stereocenters. The van der Waals surface area contributed by atoms with Crippen molar-refractivity contribution in [1.29, 1.82) is 0 Å². The van der Waals surface area contributed by atoms with Gasteiger partial charge < -0.3 is 14.6 Å². The first kappa shape index (κ1) is 10.9. The van der Waals surface area contributed by atoms with E-state index in [2.05, 4.69) is 6.92 Å². The Hall–Kier alpha value is -0.610. The number of carboxylic acids is 1. The van der Waals surface area contributed by atoms with Crippen LogP contribution in [0.25, 0.3) is 0 Å². The molecule has 1 N–H and O–H groups in total. The molecule has 4 heteroatoms. The van der Waals surface area contributed by atoms with Gasteiger partial charge in [0.05, 0.1) is 24.7 Å². The fraction of sp³-hybridized carbons (Fsp3) is 0.909. The molecule has 3 atom stereocenters. The molecule has 2 fully saturated rings. The van der Waals surface area contributed by atoms with E-state index in [0.29, 0.717) is 6.61 Å². The van der Waals surface area contributed by atoms with Crippen molar-refractivity contribution >= 4 is 5.97 Å². The van der Waals surface area contributed by atoms with Gasteiger partial charge in [-0.25, -0.2) is 0 Å². The average molecular weight is 214 g/mol. The Kier molecular flexibility index (Phi) is 2.51. The second-order valence-corrected chi connectivity index (χ2v) is 4.85. The van der Waals surface area contributed by atoms with E-state index in [9.17, 15) is 4.79 Å². The van der Waals surface area contributed by atoms with Crippen molar-refractivity contribution in [3.8, 4) is 0 Å². The highest BCUT2D eigenvalue weighted by molar-refractivity contribution is 5.68. The van der Waals surface area contributed by atoms with Crippen molar-refractivity contribution in [2.24, 2.45) is 0 Å². The number of ether oxygens (including phenoxy) is 2. The molecule has 2 saturated heterocycles. The molecule has 0 aromatic heterocycles. The van der Waals surface area contributed by atoms with Gasteiger partial charge in [-0.05, 0) is 26.2 Å². The highest BCUT2D eigenvalue weighted by Gasteiger charge is 2.53. The van der Waals surface area contributed by atoms with Crippen molar-refractivity contribution in [3.63, 3.8) is 0 Å². The molecule has 0 aromatic carbocycles. The zero-order valence-corrected chi connectivity index (χ0v) is 9.28. The maximum absolute atomic E-state index is 10.7. The molecule has 4 nitrogen and oxygen atoms in total. The van der Waals surface area contributed by atoms with E-state index in [1.165, 1.54) is 0 Å². The molecule has 0 aromatic rings. The van der Waals surface area contributed by atoms with Gasteiger partial charge in [0.25, 0.3) is 0 Å². The molecule has 2 heterocycles. The summed E-state index contributed by atoms with van der Waals surface area (Å²) in [7, 11) is 0. The number of rotatable bonds is 3. The minimum atomic E-state index is -0.806. The van der Waals surface area contributed by atoms with E-state index >= 15 is 0 Å². The summed E-state index contributed by atoms with van der Waals surface area (Å²) in [6.07, 6.45) is 2.75. The van der Waals surface area contributed by atoms with E-state index in [1.54, 1.807) is 0 Å². The lowest BCUT2D eigenvalue weighted by Crippen LogP contribution is -2.52. The number of hydrogen-bond acceptors (Lipinski definition) is 3. The zero-order chi connectivity index (χ0) is 11.1. The van der Waals surface area contributed by atoms with Gasteiger partial charge in [-0.2, -0.15) is 0 Å². The molecule has 0 radical (unpaired) electrons. The molecule has 0 saturated carbocycles. The summed E-state index contributed by atoms with van der Waals surface area (Å²) >= 11 is 0. The maximum Gasteiger partial charge on any atom is 0.306 e. The van der Waals surface area contributed by atoms with Crippen LogP contribution in [0, 0.1) is 0 Å². The number of fused-ring (bicyclic) bond motifs is 2. The van der Waals surface area contributed by atoms with Gasteiger partial charge in [-0.1, -0.05) is 6.92 Å². The second-order valence-electron chi connectivity index (χ2n) is 4.85. The number of hydrogen-bond donors (Lipinski definition) is 1. The molecule has 86 valence electrons. The van der Waals surface area contributed by atoms with E-state index in [4.69, 9.17) is 14.6 Å². The molecule has 2 bridgehead atoms. The predicted molar refractivity (Wildman–Crippen MR) is 53.7 cm³/mol. The average Bonchev–Trinajstić information content (AvgIpc) is 2.54. The lowest BCUT2D eigenvalue weighted by atomic mass is 9.94. The van der Waals surface area contributed by atoms with E-state index in [1.807, 2.05) is 6.92 Å². The Bertz CT molecular complexity index is 278. The van der Waals surface area contributed by atoms with Crippen LogP contribution in [-0.2, 0) is 14.3 Å². The highest BCUT2D eigenvalue weighted by atomic mass is 16.6. The standard InChI is InChI=1S/C11H18O4/c1-3-10(2)8-4-5-11(15-8,7-14-10)6-9(12)13/h8H,3-7H2,1-2H3,(H,12,13). The number of carbonyl (C=O) groups is 1. The fourth-order valence-electron chi connectivity index (χ4n) is 2.53. The van der Waals surface area contributed by atoms with Gasteiger partial charge in [0.15, 0.2) is 0 Å². The Morgan fingerprint density at radius 3 is 2.93 bits per heavy atom. The third kappa shape index (κ3) is 1.76. The van der Waals surface area contributed by atoms with Gasteiger partial charge in [0.2, 0.25) is 0 Å². The second kappa shape index (κ2) is 3.46. The summed E-state index contributed by atoms with van der Waals surface area (Å²) in [5.74, 6) is -0.806. The lowest BCUT2D eigenvalue weighted by molar-refractivity contribution is -0.241. The molecule has 2 aliphatic heterocycles. The van der Waals surface area contributed by atoms with Crippen molar-refractivity contribution < 1.29 is 19.4 Å². The van der Waals surface area contributed by atoms with E-state index in [0.717, 1.165) is 19.3 Å². The molecular formula is C11H18O4. The van der Waals surface area contributed by atoms with Crippen LogP contribution in [0.5, 0.6) is 0 Å². The van der Waals surface area contributed by atoms with Gasteiger partial charge in [0, 0.05) is 0 Å². The summed E-state index contributed by atoms with van der Waals surface area (Å²) < 4.78 is 11.7. The highest BCUT2D eigenvalue weighted by Crippen LogP contribution is 2.45. The van der Waals surface area contributed by atoms with Crippen LogP contribution in [0.15, 0.2) is 0 Å². The molecule has 2 aliphatic rings. The minimum Gasteiger partial charge on any atom is -0.481 e. The zero-order valence-electron chi connectivity index (χ0n) is 9.28. The topological polar surface area (TPSA) is 55.8 Å². The summed E-state index contributed by atoms with van der Waals surface area (Å²) in [6.45, 7) is 4.54. The third-order valence-electron chi connectivity index (χ3n) is 3.78. The molecule has 15 heavy (non-hydrogen) atoms. The molecular weight excluding hydrogens is 196 g/mol. The molecule has 2 rings (SSSR count). The Balaban J connectivity index is 2.10. The van der Waals surface area contributed by atoms with Crippen molar-refractivity contribution in [1.82, 2.24) is 0 Å². The molecule has 0 amide bonds. The monoisotopic (exact) mass is 214 g/mol. The summed E-state index contributed by atoms with van der Waals surface area (Å²) in [6, 6.07) is 0. The Morgan fingerprint density at radius 1 is 1.60 bits per heavy atom. The van der Waals surface area contributed by atoms with Gasteiger partial charge in [0.1, 0.15) is 5.60 Å². The predicted octanol–water partition coefficient (Wildman–Crippen LogP) is 1.58. The van der Waals surface area contributed by atoms with Crippen LogP contribution >= 0.6 is 0 Å². The van der Waals surface area contributed by atoms with Crippen LogP contribution in [0.4, 0.5) is 0 Å². The first-order valence-corrected chi connectivity index (χ1v) is 5.53. The van der Waals surface area contributed by atoms with Gasteiger partial charge in [-0.15, -0.1) is 0 Å². The van der Waals surface area contributed by atoms with Crippen LogP contribution in [0.1, 0.15) is 39.5 Å². The largest absolute Gasteiger partial charge is 0.481 e. The first-order valence-electron chi connectivity index (χ1n) is 5.53. The maximum atomic E-state index is 10.7. The van der Waals surface area contributed by atoms with E-state index < -0.39 is 11.6 Å². The Morgan fingerprint density at radius 2 is 2.33 bits per heavy atom. The van der Waals surface area contributed by atoms with Crippen LogP contribution in [0.2, 0.25) is 0 Å². The van der Waals surface area contributed by atoms with Crippen LogP contribution in [0.3, 0.4) is 0 Å². The SMILES string of the molecule is CCC1(C)OCC2(CC(=O)O)CCC1O2. The Labute approximate surface area is 89.6 Å². The van der Waals surface area contributed by atoms with Crippen molar-refractivity contribution in [2.45, 2.75) is 56.8 Å². The molecule has 0 spiro atoms. The normalized spacial score (nSPS) is 44.3. The van der Waals surface area contributed by atoms with Crippen molar-refractivity contribution in [3.05, 3.63) is 0 Å². The quantitative estimate of drug-likeness (QED) is 0.775. The van der Waals surface area contributed by atoms with Crippen molar-refractivity contribution in [2.75, 3.05) is 6.61 Å². The third-order valence-corrected chi connectivity index (χ3v) is 3.78. The number of aliphatic carboxylic acids is 1. The van der Waals surface area contributed by atoms with E-state index in [-0.39, 0.29) is 18.1 Å². The fourth-order valence-corrected chi connectivity index (χ4v) is 2.53. The first-order chi connectivity index (χ1) is 7.00.